The monoisotopic (exact) mass is 493 g/mol. The molecule has 0 unspecified atom stereocenters. The third-order valence-electron chi connectivity index (χ3n) is 6.00. The van der Waals surface area contributed by atoms with Crippen LogP contribution in [0.4, 0.5) is 4.39 Å². The summed E-state index contributed by atoms with van der Waals surface area (Å²) in [6.45, 7) is 1.83. The van der Waals surface area contributed by atoms with Gasteiger partial charge in [0.15, 0.2) is 5.69 Å². The first kappa shape index (κ1) is 23.9. The van der Waals surface area contributed by atoms with Crippen molar-refractivity contribution in [3.05, 3.63) is 130 Å². The summed E-state index contributed by atoms with van der Waals surface area (Å²) in [5.74, 6) is -1.07. The van der Waals surface area contributed by atoms with Crippen LogP contribution in [0.2, 0.25) is 0 Å². The molecular formula is C29H24FN5O2. The number of nitrogens with zero attached hydrogens (tertiary/aromatic N) is 5. The van der Waals surface area contributed by atoms with Crippen molar-refractivity contribution in [2.24, 2.45) is 0 Å². The molecule has 0 atom stereocenters. The third-order valence-corrected chi connectivity index (χ3v) is 6.00. The van der Waals surface area contributed by atoms with Crippen LogP contribution in [0.5, 0.6) is 0 Å². The Balaban J connectivity index is 1.51. The molecule has 0 saturated carbocycles. The van der Waals surface area contributed by atoms with E-state index < -0.39 is 17.2 Å². The molecule has 184 valence electrons. The zero-order valence-corrected chi connectivity index (χ0v) is 20.4. The Morgan fingerprint density at radius 3 is 2.27 bits per heavy atom. The predicted molar refractivity (Wildman–Crippen MR) is 139 cm³/mol. The minimum Gasteiger partial charge on any atom is -0.336 e. The van der Waals surface area contributed by atoms with E-state index in [0.29, 0.717) is 5.69 Å². The molecule has 5 aromatic rings. The molecule has 0 aliphatic carbocycles. The highest BCUT2D eigenvalue weighted by Crippen LogP contribution is 2.25. The van der Waals surface area contributed by atoms with E-state index in [0.717, 1.165) is 22.5 Å². The lowest BCUT2D eigenvalue weighted by atomic mass is 10.1. The maximum Gasteiger partial charge on any atom is 0.278 e. The highest BCUT2D eigenvalue weighted by Gasteiger charge is 2.22. The summed E-state index contributed by atoms with van der Waals surface area (Å²) in [4.78, 5) is 27.6. The summed E-state index contributed by atoms with van der Waals surface area (Å²) < 4.78 is 17.5. The van der Waals surface area contributed by atoms with Crippen LogP contribution in [-0.2, 0) is 6.54 Å². The molecule has 8 heteroatoms. The molecular weight excluding hydrogens is 469 g/mol. The molecule has 0 spiro atoms. The number of hydrogen-bond donors (Lipinski definition) is 0. The Hall–Kier alpha value is -4.85. The molecule has 0 aliphatic heterocycles. The second-order valence-electron chi connectivity index (χ2n) is 8.67. The summed E-state index contributed by atoms with van der Waals surface area (Å²) in [6, 6.07) is 26.8. The van der Waals surface area contributed by atoms with Crippen molar-refractivity contribution in [3.8, 4) is 22.6 Å². The van der Waals surface area contributed by atoms with E-state index in [-0.39, 0.29) is 17.9 Å². The highest BCUT2D eigenvalue weighted by molar-refractivity contribution is 5.92. The van der Waals surface area contributed by atoms with Gasteiger partial charge in [0.1, 0.15) is 11.5 Å². The molecule has 3 aromatic carbocycles. The zero-order valence-electron chi connectivity index (χ0n) is 20.4. The molecule has 0 bridgehead atoms. The van der Waals surface area contributed by atoms with Crippen LogP contribution >= 0.6 is 0 Å². The summed E-state index contributed by atoms with van der Waals surface area (Å²) >= 11 is 0. The van der Waals surface area contributed by atoms with Gasteiger partial charge in [0.2, 0.25) is 5.43 Å². The summed E-state index contributed by atoms with van der Waals surface area (Å²) in [6.07, 6.45) is 1.88. The fraction of sp³-hybridized carbons (Fsp3) is 0.103. The molecule has 0 N–H and O–H groups in total. The maximum absolute atomic E-state index is 14.4. The second kappa shape index (κ2) is 10.0. The number of halogens is 1. The van der Waals surface area contributed by atoms with Gasteiger partial charge in [-0.2, -0.15) is 10.2 Å². The van der Waals surface area contributed by atoms with Crippen LogP contribution in [0.15, 0.2) is 102 Å². The van der Waals surface area contributed by atoms with Crippen LogP contribution in [0.1, 0.15) is 21.7 Å². The summed E-state index contributed by atoms with van der Waals surface area (Å²) in [5.41, 5.74) is 3.09. The van der Waals surface area contributed by atoms with E-state index in [9.17, 15) is 14.0 Å². The van der Waals surface area contributed by atoms with Gasteiger partial charge in [-0.25, -0.2) is 13.8 Å². The Kier molecular flexibility index (Phi) is 6.47. The first-order valence-electron chi connectivity index (χ1n) is 11.7. The summed E-state index contributed by atoms with van der Waals surface area (Å²) in [5, 5.41) is 9.04. The van der Waals surface area contributed by atoms with Gasteiger partial charge in [0.05, 0.1) is 11.4 Å². The number of aryl methyl sites for hydroxylation is 1. The van der Waals surface area contributed by atoms with E-state index in [1.165, 1.54) is 21.7 Å². The number of amides is 1. The number of para-hydroxylation sites is 2. The predicted octanol–water partition coefficient (Wildman–Crippen LogP) is 4.80. The van der Waals surface area contributed by atoms with Gasteiger partial charge in [0.25, 0.3) is 5.91 Å². The second-order valence-corrected chi connectivity index (χ2v) is 8.67. The lowest BCUT2D eigenvalue weighted by Gasteiger charge is -2.18. The van der Waals surface area contributed by atoms with Crippen LogP contribution in [0.3, 0.4) is 0 Å². The van der Waals surface area contributed by atoms with Crippen molar-refractivity contribution in [1.82, 2.24) is 24.5 Å². The largest absolute Gasteiger partial charge is 0.336 e. The number of aromatic nitrogens is 4. The number of rotatable bonds is 6. The van der Waals surface area contributed by atoms with Gasteiger partial charge in [-0.3, -0.25) is 9.59 Å². The van der Waals surface area contributed by atoms with Crippen molar-refractivity contribution in [1.29, 1.82) is 0 Å². The average Bonchev–Trinajstić information content (AvgIpc) is 3.34. The van der Waals surface area contributed by atoms with Crippen LogP contribution in [0, 0.1) is 12.7 Å². The molecule has 1 amide bonds. The van der Waals surface area contributed by atoms with Crippen molar-refractivity contribution in [2.75, 3.05) is 7.05 Å². The molecule has 0 aliphatic rings. The smallest absolute Gasteiger partial charge is 0.278 e. The van der Waals surface area contributed by atoms with Crippen molar-refractivity contribution in [3.63, 3.8) is 0 Å². The van der Waals surface area contributed by atoms with Crippen LogP contribution < -0.4 is 5.43 Å². The Bertz CT molecular complexity index is 1630. The van der Waals surface area contributed by atoms with E-state index in [2.05, 4.69) is 5.10 Å². The molecule has 2 aromatic heterocycles. The lowest BCUT2D eigenvalue weighted by molar-refractivity contribution is 0.0776. The molecule has 7 nitrogen and oxygen atoms in total. The van der Waals surface area contributed by atoms with Crippen molar-refractivity contribution in [2.45, 2.75) is 13.5 Å². The third kappa shape index (κ3) is 4.81. The van der Waals surface area contributed by atoms with Gasteiger partial charge < -0.3 is 4.90 Å². The standard InChI is InChI=1S/C29H24FN5O2/c1-20-17-26(36)28(32-35(20)25-16-10-9-15-24(25)30)29(37)33(2)18-22-19-34(23-13-7-4-8-14-23)31-27(22)21-11-5-3-6-12-21/h3-17,19H,18H2,1-2H3. The van der Waals surface area contributed by atoms with E-state index >= 15 is 0 Å². The van der Waals surface area contributed by atoms with Crippen LogP contribution in [0.25, 0.3) is 22.6 Å². The number of carbonyl (C=O) groups excluding carboxylic acids is 1. The van der Waals surface area contributed by atoms with E-state index in [4.69, 9.17) is 5.10 Å². The maximum atomic E-state index is 14.4. The highest BCUT2D eigenvalue weighted by atomic mass is 19.1. The Morgan fingerprint density at radius 2 is 1.57 bits per heavy atom. The lowest BCUT2D eigenvalue weighted by Crippen LogP contribution is -2.33. The Morgan fingerprint density at radius 1 is 0.919 bits per heavy atom. The first-order chi connectivity index (χ1) is 17.9. The average molecular weight is 494 g/mol. The zero-order chi connectivity index (χ0) is 25.9. The van der Waals surface area contributed by atoms with E-state index in [1.807, 2.05) is 66.9 Å². The van der Waals surface area contributed by atoms with E-state index in [1.54, 1.807) is 36.9 Å². The topological polar surface area (TPSA) is 73.0 Å². The molecule has 2 heterocycles. The number of benzene rings is 3. The van der Waals surface area contributed by atoms with Crippen LogP contribution in [-0.4, -0.2) is 37.4 Å². The first-order valence-corrected chi connectivity index (χ1v) is 11.7. The Labute approximate surface area is 213 Å². The molecule has 0 radical (unpaired) electrons. The molecule has 0 saturated heterocycles. The van der Waals surface area contributed by atoms with Gasteiger partial charge in [-0.05, 0) is 31.2 Å². The van der Waals surface area contributed by atoms with Crippen molar-refractivity contribution >= 4 is 5.91 Å². The summed E-state index contributed by atoms with van der Waals surface area (Å²) in [7, 11) is 1.60. The minimum absolute atomic E-state index is 0.159. The fourth-order valence-electron chi connectivity index (χ4n) is 4.15. The SMILES string of the molecule is Cc1cc(=O)c(C(=O)N(C)Cc2cn(-c3ccccc3)nc2-c2ccccc2)nn1-c1ccccc1F. The minimum atomic E-state index is -0.568. The van der Waals surface area contributed by atoms with Gasteiger partial charge in [-0.15, -0.1) is 0 Å². The molecule has 37 heavy (non-hydrogen) atoms. The van der Waals surface area contributed by atoms with Gasteiger partial charge in [0, 0.05) is 42.7 Å². The quantitative estimate of drug-likeness (QED) is 0.341. The fourth-order valence-corrected chi connectivity index (χ4v) is 4.15. The molecule has 5 rings (SSSR count). The van der Waals surface area contributed by atoms with Gasteiger partial charge in [-0.1, -0.05) is 60.7 Å². The van der Waals surface area contributed by atoms with Gasteiger partial charge >= 0.3 is 0 Å². The van der Waals surface area contributed by atoms with Crippen molar-refractivity contribution < 1.29 is 9.18 Å². The normalized spacial score (nSPS) is 10.9. The number of hydrogen-bond acceptors (Lipinski definition) is 4. The number of carbonyl (C=O) groups is 1. The molecule has 0 fully saturated rings.